The van der Waals surface area contributed by atoms with Crippen LogP contribution < -0.4 is 0 Å². The molecule has 0 saturated heterocycles. The Morgan fingerprint density at radius 3 is 2.68 bits per heavy atom. The summed E-state index contributed by atoms with van der Waals surface area (Å²) in [6.07, 6.45) is 1.85. The molecule has 0 radical (unpaired) electrons. The minimum Gasteiger partial charge on any atom is -0.298 e. The Kier molecular flexibility index (Phi) is 5.32. The van der Waals surface area contributed by atoms with Crippen LogP contribution in [0.3, 0.4) is 0 Å². The molecule has 3 rings (SSSR count). The highest BCUT2D eigenvalue weighted by Gasteiger charge is 2.15. The Morgan fingerprint density at radius 2 is 1.92 bits per heavy atom. The molecule has 25 heavy (non-hydrogen) atoms. The zero-order valence-corrected chi connectivity index (χ0v) is 14.8. The van der Waals surface area contributed by atoms with Crippen molar-refractivity contribution in [2.75, 3.05) is 0 Å². The van der Waals surface area contributed by atoms with Gasteiger partial charge in [-0.25, -0.2) is 0 Å². The Morgan fingerprint density at radius 1 is 1.16 bits per heavy atom. The Hall–Kier alpha value is -2.84. The minimum absolute atomic E-state index is 0.638. The van der Waals surface area contributed by atoms with E-state index in [1.807, 2.05) is 42.5 Å². The lowest BCUT2D eigenvalue weighted by molar-refractivity contribution is 0.731. The predicted molar refractivity (Wildman–Crippen MR) is 101 cm³/mol. The molecule has 5 heteroatoms. The molecule has 0 unspecified atom stereocenters. The lowest BCUT2D eigenvalue weighted by atomic mass is 10.1. The quantitative estimate of drug-likeness (QED) is 0.483. The van der Waals surface area contributed by atoms with Crippen LogP contribution >= 0.6 is 11.8 Å². The number of hydrogen-bond acceptors (Lipinski definition) is 4. The summed E-state index contributed by atoms with van der Waals surface area (Å²) in [6, 6.07) is 18.0. The fourth-order valence-corrected chi connectivity index (χ4v) is 3.56. The average Bonchev–Trinajstić information content (AvgIpc) is 3.03. The van der Waals surface area contributed by atoms with Gasteiger partial charge in [-0.3, -0.25) is 4.57 Å². The van der Waals surface area contributed by atoms with Crippen LogP contribution in [0.15, 0.2) is 66.3 Å². The summed E-state index contributed by atoms with van der Waals surface area (Å²) in [5.74, 6) is 1.52. The molecule has 0 spiro atoms. The maximum atomic E-state index is 9.23. The third-order valence-corrected chi connectivity index (χ3v) is 4.92. The van der Waals surface area contributed by atoms with Gasteiger partial charge in [-0.05, 0) is 24.1 Å². The maximum Gasteiger partial charge on any atom is 0.192 e. The van der Waals surface area contributed by atoms with E-state index >= 15 is 0 Å². The molecule has 3 aromatic rings. The van der Waals surface area contributed by atoms with Gasteiger partial charge in [0, 0.05) is 17.9 Å². The van der Waals surface area contributed by atoms with Crippen molar-refractivity contribution in [3.8, 4) is 17.5 Å². The highest BCUT2D eigenvalue weighted by molar-refractivity contribution is 7.98. The molecule has 0 saturated carbocycles. The predicted octanol–water partition coefficient (Wildman–Crippen LogP) is 4.60. The second kappa shape index (κ2) is 7.82. The fourth-order valence-electron chi connectivity index (χ4n) is 2.61. The molecule has 0 bridgehead atoms. The van der Waals surface area contributed by atoms with Crippen molar-refractivity contribution in [2.24, 2.45) is 0 Å². The van der Waals surface area contributed by atoms with Crippen LogP contribution in [-0.4, -0.2) is 14.8 Å². The number of rotatable bonds is 6. The van der Waals surface area contributed by atoms with Crippen LogP contribution in [0.5, 0.6) is 0 Å². The fraction of sp³-hybridized carbons (Fsp3) is 0.150. The molecule has 0 amide bonds. The van der Waals surface area contributed by atoms with Crippen LogP contribution in [0.2, 0.25) is 0 Å². The van der Waals surface area contributed by atoms with E-state index < -0.39 is 0 Å². The van der Waals surface area contributed by atoms with E-state index in [0.29, 0.717) is 17.9 Å². The van der Waals surface area contributed by atoms with E-state index in [-0.39, 0.29) is 0 Å². The first-order valence-corrected chi connectivity index (χ1v) is 8.94. The normalized spacial score (nSPS) is 10.4. The van der Waals surface area contributed by atoms with Crippen LogP contribution in [-0.2, 0) is 12.3 Å². The Balaban J connectivity index is 1.91. The second-order valence-electron chi connectivity index (χ2n) is 5.58. The van der Waals surface area contributed by atoms with Gasteiger partial charge in [0.2, 0.25) is 0 Å². The summed E-state index contributed by atoms with van der Waals surface area (Å²) in [5.41, 5.74) is 3.93. The summed E-state index contributed by atoms with van der Waals surface area (Å²) in [7, 11) is 0. The second-order valence-corrected chi connectivity index (χ2v) is 6.52. The first kappa shape index (κ1) is 17.0. The van der Waals surface area contributed by atoms with E-state index in [1.54, 1.807) is 11.8 Å². The van der Waals surface area contributed by atoms with Gasteiger partial charge in [-0.1, -0.05) is 60.3 Å². The molecular weight excluding hydrogens is 328 g/mol. The SMILES string of the molecule is C=CCn1c(SCc2ccccc2C#N)nnc1-c1ccccc1C. The van der Waals surface area contributed by atoms with Crippen LogP contribution in [0.25, 0.3) is 11.4 Å². The van der Waals surface area contributed by atoms with Gasteiger partial charge in [0.05, 0.1) is 11.6 Å². The summed E-state index contributed by atoms with van der Waals surface area (Å²) >= 11 is 1.58. The minimum atomic E-state index is 0.638. The highest BCUT2D eigenvalue weighted by atomic mass is 32.2. The van der Waals surface area contributed by atoms with Crippen molar-refractivity contribution in [3.63, 3.8) is 0 Å². The molecular formula is C20H18N4S. The van der Waals surface area contributed by atoms with Gasteiger partial charge in [0.1, 0.15) is 0 Å². The first-order chi connectivity index (χ1) is 12.2. The van der Waals surface area contributed by atoms with Gasteiger partial charge < -0.3 is 0 Å². The summed E-state index contributed by atoms with van der Waals surface area (Å²) in [6.45, 7) is 6.56. The molecule has 0 fully saturated rings. The Bertz CT molecular complexity index is 937. The van der Waals surface area contributed by atoms with E-state index in [0.717, 1.165) is 27.7 Å². The van der Waals surface area contributed by atoms with Crippen molar-refractivity contribution in [3.05, 3.63) is 77.9 Å². The summed E-state index contributed by atoms with van der Waals surface area (Å²) < 4.78 is 2.06. The third-order valence-electron chi connectivity index (χ3n) is 3.91. The van der Waals surface area contributed by atoms with Crippen molar-refractivity contribution >= 4 is 11.8 Å². The largest absolute Gasteiger partial charge is 0.298 e. The van der Waals surface area contributed by atoms with Crippen LogP contribution in [0.1, 0.15) is 16.7 Å². The van der Waals surface area contributed by atoms with Crippen molar-refractivity contribution in [1.29, 1.82) is 5.26 Å². The monoisotopic (exact) mass is 346 g/mol. The molecule has 124 valence electrons. The molecule has 1 heterocycles. The molecule has 0 aliphatic rings. The molecule has 2 aromatic carbocycles. The number of aryl methyl sites for hydroxylation is 1. The van der Waals surface area contributed by atoms with Crippen molar-refractivity contribution in [1.82, 2.24) is 14.8 Å². The topological polar surface area (TPSA) is 54.5 Å². The molecule has 1 aromatic heterocycles. The molecule has 0 atom stereocenters. The van der Waals surface area contributed by atoms with Crippen LogP contribution in [0.4, 0.5) is 0 Å². The Labute approximate surface area is 151 Å². The lowest BCUT2D eigenvalue weighted by Gasteiger charge is -2.09. The number of benzene rings is 2. The smallest absolute Gasteiger partial charge is 0.192 e. The lowest BCUT2D eigenvalue weighted by Crippen LogP contribution is -2.01. The average molecular weight is 346 g/mol. The van der Waals surface area contributed by atoms with Gasteiger partial charge >= 0.3 is 0 Å². The molecule has 0 aliphatic carbocycles. The zero-order valence-electron chi connectivity index (χ0n) is 14.0. The maximum absolute atomic E-state index is 9.23. The standard InChI is InChI=1S/C20H18N4S/c1-3-12-24-19(18-11-7-4-8-15(18)2)22-23-20(24)25-14-17-10-6-5-9-16(17)13-21/h3-11H,1,12,14H2,2H3. The van der Waals surface area contributed by atoms with Crippen molar-refractivity contribution in [2.45, 2.75) is 24.4 Å². The number of nitriles is 1. The number of nitrogens with zero attached hydrogens (tertiary/aromatic N) is 4. The molecule has 4 nitrogen and oxygen atoms in total. The summed E-state index contributed by atoms with van der Waals surface area (Å²) in [5, 5.41) is 18.8. The van der Waals surface area contributed by atoms with Gasteiger partial charge in [0.25, 0.3) is 0 Å². The van der Waals surface area contributed by atoms with Crippen LogP contribution in [0, 0.1) is 18.3 Å². The van der Waals surface area contributed by atoms with Gasteiger partial charge in [-0.15, -0.1) is 16.8 Å². The number of hydrogen-bond donors (Lipinski definition) is 0. The van der Waals surface area contributed by atoms with Gasteiger partial charge in [0.15, 0.2) is 11.0 Å². The highest BCUT2D eigenvalue weighted by Crippen LogP contribution is 2.28. The third kappa shape index (κ3) is 3.65. The van der Waals surface area contributed by atoms with Gasteiger partial charge in [-0.2, -0.15) is 5.26 Å². The van der Waals surface area contributed by atoms with E-state index in [2.05, 4.69) is 46.5 Å². The molecule has 0 N–H and O–H groups in total. The van der Waals surface area contributed by atoms with E-state index in [4.69, 9.17) is 0 Å². The number of thioether (sulfide) groups is 1. The van der Waals surface area contributed by atoms with E-state index in [1.165, 1.54) is 0 Å². The first-order valence-electron chi connectivity index (χ1n) is 7.95. The zero-order chi connectivity index (χ0) is 17.6. The summed E-state index contributed by atoms with van der Waals surface area (Å²) in [4.78, 5) is 0. The van der Waals surface area contributed by atoms with E-state index in [9.17, 15) is 5.26 Å². The molecule has 0 aliphatic heterocycles. The number of aromatic nitrogens is 3. The number of allylic oxidation sites excluding steroid dienone is 1. The van der Waals surface area contributed by atoms with Crippen molar-refractivity contribution < 1.29 is 0 Å².